The number of halogens is 3. The predicted molar refractivity (Wildman–Crippen MR) is 113 cm³/mol. The fourth-order valence-electron chi connectivity index (χ4n) is 5.28. The van der Waals surface area contributed by atoms with Crippen molar-refractivity contribution in [2.75, 3.05) is 0 Å². The van der Waals surface area contributed by atoms with Crippen LogP contribution in [0.1, 0.15) is 34.7 Å². The Balaban J connectivity index is 1.84. The van der Waals surface area contributed by atoms with Crippen molar-refractivity contribution in [2.45, 2.75) is 29.6 Å². The highest BCUT2D eigenvalue weighted by Crippen LogP contribution is 2.68. The molecule has 1 saturated carbocycles. The smallest absolute Gasteiger partial charge is 0.310 e. The molecule has 9 heteroatoms. The van der Waals surface area contributed by atoms with Crippen molar-refractivity contribution in [2.24, 2.45) is 5.92 Å². The Morgan fingerprint density at radius 3 is 2.39 bits per heavy atom. The summed E-state index contributed by atoms with van der Waals surface area (Å²) < 4.78 is 32.8. The maximum atomic E-state index is 13.2. The zero-order valence-corrected chi connectivity index (χ0v) is 17.7. The van der Waals surface area contributed by atoms with Crippen molar-refractivity contribution in [1.82, 2.24) is 4.98 Å². The number of ether oxygens (including phenoxy) is 1. The summed E-state index contributed by atoms with van der Waals surface area (Å²) in [5.41, 5.74) is -3.79. The maximum absolute atomic E-state index is 13.2. The van der Waals surface area contributed by atoms with Gasteiger partial charge in [-0.1, -0.05) is 66.2 Å². The number of benzene rings is 2. The van der Waals surface area contributed by atoms with Gasteiger partial charge in [-0.15, -0.1) is 0 Å². The fourth-order valence-corrected chi connectivity index (χ4v) is 5.43. The molecule has 0 spiro atoms. The Bertz CT molecular complexity index is 1230. The molecule has 1 aromatic heterocycles. The molecule has 1 unspecified atom stereocenters. The minimum Gasteiger partial charge on any atom is -0.481 e. The first-order valence-corrected chi connectivity index (χ1v) is 10.5. The Hall–Kier alpha value is -3.07. The van der Waals surface area contributed by atoms with Crippen LogP contribution in [0.15, 0.2) is 66.9 Å². The average Bonchev–Trinajstić information content (AvgIpc) is 3.17. The number of carboxylic acids is 1. The molecule has 0 radical (unpaired) electrons. The lowest BCUT2D eigenvalue weighted by molar-refractivity contribution is -0.160. The number of hydrogen-bond acceptors (Lipinski definition) is 5. The van der Waals surface area contributed by atoms with Crippen LogP contribution < -0.4 is 4.74 Å². The van der Waals surface area contributed by atoms with Crippen LogP contribution >= 0.6 is 11.6 Å². The van der Waals surface area contributed by atoms with Crippen molar-refractivity contribution in [3.05, 3.63) is 94.3 Å². The lowest BCUT2D eigenvalue weighted by Gasteiger charge is -2.40. The molecule has 1 aliphatic carbocycles. The largest absolute Gasteiger partial charge is 0.481 e. The number of aliphatic hydroxyl groups is 2. The van der Waals surface area contributed by atoms with Gasteiger partial charge in [-0.25, -0.2) is 8.78 Å². The molecule has 5 rings (SSSR count). The molecule has 33 heavy (non-hydrogen) atoms. The van der Waals surface area contributed by atoms with Gasteiger partial charge >= 0.3 is 5.97 Å². The molecule has 0 bridgehead atoms. The van der Waals surface area contributed by atoms with Crippen LogP contribution in [-0.2, 0) is 16.0 Å². The van der Waals surface area contributed by atoms with E-state index in [0.717, 1.165) is 0 Å². The highest BCUT2D eigenvalue weighted by atomic mass is 35.5. The van der Waals surface area contributed by atoms with Gasteiger partial charge in [0.05, 0.1) is 10.9 Å². The third-order valence-corrected chi connectivity index (χ3v) is 6.82. The standard InChI is InChI=1S/C24H18ClF2NO5/c25-15-10-16-19(28-11-15)23(32)20(29)17(22(30)31)18(12-4-2-1-3-5-12)24(23,33-16)14-8-6-13(7-9-14)21(26)27/h1-11,17-18,20-21,29,32H,(H,30,31)/t17-,18-,20-,23?,24+/m1/s1. The van der Waals surface area contributed by atoms with E-state index in [2.05, 4.69) is 4.98 Å². The number of pyridine rings is 1. The molecule has 170 valence electrons. The van der Waals surface area contributed by atoms with Crippen LogP contribution in [-0.4, -0.2) is 32.4 Å². The summed E-state index contributed by atoms with van der Waals surface area (Å²) >= 11 is 6.08. The van der Waals surface area contributed by atoms with E-state index < -0.39 is 41.5 Å². The highest BCUT2D eigenvalue weighted by molar-refractivity contribution is 6.30. The summed E-state index contributed by atoms with van der Waals surface area (Å²) in [5, 5.41) is 33.7. The van der Waals surface area contributed by atoms with Crippen LogP contribution in [0.2, 0.25) is 5.02 Å². The van der Waals surface area contributed by atoms with Gasteiger partial charge in [0, 0.05) is 23.7 Å². The summed E-state index contributed by atoms with van der Waals surface area (Å²) in [4.78, 5) is 16.6. The van der Waals surface area contributed by atoms with Crippen LogP contribution in [0, 0.1) is 5.92 Å². The van der Waals surface area contributed by atoms with Crippen molar-refractivity contribution in [3.63, 3.8) is 0 Å². The fraction of sp³-hybridized carbons (Fsp3) is 0.250. The molecule has 2 aromatic carbocycles. The predicted octanol–water partition coefficient (Wildman–Crippen LogP) is 4.01. The van der Waals surface area contributed by atoms with Gasteiger partial charge in [-0.3, -0.25) is 9.78 Å². The number of aliphatic carboxylic acids is 1. The zero-order valence-electron chi connectivity index (χ0n) is 16.9. The summed E-state index contributed by atoms with van der Waals surface area (Å²) in [5.74, 6) is -3.85. The number of aromatic nitrogens is 1. The first-order valence-electron chi connectivity index (χ1n) is 10.1. The van der Waals surface area contributed by atoms with Gasteiger partial charge < -0.3 is 20.1 Å². The number of rotatable bonds is 4. The Labute approximate surface area is 192 Å². The number of fused-ring (bicyclic) bond motifs is 3. The Morgan fingerprint density at radius 1 is 1.12 bits per heavy atom. The summed E-state index contributed by atoms with van der Waals surface area (Å²) in [6.07, 6.45) is -3.29. The Kier molecular flexibility index (Phi) is 4.93. The van der Waals surface area contributed by atoms with E-state index in [9.17, 15) is 28.9 Å². The third-order valence-electron chi connectivity index (χ3n) is 6.62. The van der Waals surface area contributed by atoms with E-state index in [1.165, 1.54) is 36.5 Å². The van der Waals surface area contributed by atoms with E-state index in [4.69, 9.17) is 16.3 Å². The quantitative estimate of drug-likeness (QED) is 0.529. The van der Waals surface area contributed by atoms with E-state index in [-0.39, 0.29) is 27.6 Å². The molecule has 2 heterocycles. The van der Waals surface area contributed by atoms with Crippen LogP contribution in [0.25, 0.3) is 0 Å². The van der Waals surface area contributed by atoms with Gasteiger partial charge in [0.25, 0.3) is 6.43 Å². The molecule has 0 amide bonds. The first kappa shape index (κ1) is 21.8. The molecular formula is C24H18ClF2NO5. The molecule has 6 nitrogen and oxygen atoms in total. The number of nitrogens with zero attached hydrogens (tertiary/aromatic N) is 1. The van der Waals surface area contributed by atoms with Gasteiger partial charge in [0.2, 0.25) is 0 Å². The molecule has 3 N–H and O–H groups in total. The molecule has 5 atom stereocenters. The number of carbonyl (C=O) groups is 1. The number of aliphatic hydroxyl groups excluding tert-OH is 1. The highest BCUT2D eigenvalue weighted by Gasteiger charge is 2.78. The second kappa shape index (κ2) is 7.48. The zero-order chi connectivity index (χ0) is 23.5. The van der Waals surface area contributed by atoms with E-state index in [1.807, 2.05) is 0 Å². The summed E-state index contributed by atoms with van der Waals surface area (Å²) in [7, 11) is 0. The SMILES string of the molecule is O=C(O)[C@H]1[C@@H](O)C2(O)c3ncc(Cl)cc3O[C@@]2(c2ccc(C(F)F)cc2)[C@@H]1c1ccccc1. The average molecular weight is 474 g/mol. The summed E-state index contributed by atoms with van der Waals surface area (Å²) in [6, 6.07) is 15.0. The van der Waals surface area contributed by atoms with Gasteiger partial charge in [-0.05, 0) is 11.1 Å². The molecule has 0 saturated heterocycles. The normalized spacial score (nSPS) is 30.1. The van der Waals surface area contributed by atoms with E-state index >= 15 is 0 Å². The minimum absolute atomic E-state index is 0.0676. The van der Waals surface area contributed by atoms with Crippen molar-refractivity contribution in [3.8, 4) is 5.75 Å². The lowest BCUT2D eigenvalue weighted by atomic mass is 9.71. The number of alkyl halides is 2. The van der Waals surface area contributed by atoms with E-state index in [1.54, 1.807) is 30.3 Å². The van der Waals surface area contributed by atoms with Gasteiger partial charge in [-0.2, -0.15) is 0 Å². The molecule has 1 fully saturated rings. The number of carboxylic acid groups (broad SMARTS) is 1. The van der Waals surface area contributed by atoms with Crippen molar-refractivity contribution >= 4 is 17.6 Å². The minimum atomic E-state index is -2.72. The van der Waals surface area contributed by atoms with Crippen molar-refractivity contribution in [1.29, 1.82) is 0 Å². The second-order valence-electron chi connectivity index (χ2n) is 8.22. The molecular weight excluding hydrogens is 456 g/mol. The van der Waals surface area contributed by atoms with Crippen LogP contribution in [0.5, 0.6) is 5.75 Å². The lowest BCUT2D eigenvalue weighted by Crippen LogP contribution is -2.52. The van der Waals surface area contributed by atoms with Crippen LogP contribution in [0.4, 0.5) is 8.78 Å². The third kappa shape index (κ3) is 2.84. The topological polar surface area (TPSA) is 99.9 Å². The van der Waals surface area contributed by atoms with Crippen LogP contribution in [0.3, 0.4) is 0 Å². The summed E-state index contributed by atoms with van der Waals surface area (Å²) in [6.45, 7) is 0. The maximum Gasteiger partial charge on any atom is 0.310 e. The number of hydrogen-bond donors (Lipinski definition) is 3. The Morgan fingerprint density at radius 2 is 1.79 bits per heavy atom. The molecule has 3 aromatic rings. The van der Waals surface area contributed by atoms with E-state index in [0.29, 0.717) is 5.56 Å². The van der Waals surface area contributed by atoms with Gasteiger partial charge in [0.1, 0.15) is 17.5 Å². The van der Waals surface area contributed by atoms with Gasteiger partial charge in [0.15, 0.2) is 11.2 Å². The monoisotopic (exact) mass is 473 g/mol. The molecule has 1 aliphatic heterocycles. The second-order valence-corrected chi connectivity index (χ2v) is 8.66. The first-order chi connectivity index (χ1) is 15.7. The van der Waals surface area contributed by atoms with Crippen molar-refractivity contribution < 1.29 is 33.6 Å². The molecule has 2 aliphatic rings.